The molecular weight excluding hydrogens is 344 g/mol. The first-order valence-corrected chi connectivity index (χ1v) is 9.21. The van der Waals surface area contributed by atoms with Crippen molar-refractivity contribution in [2.24, 2.45) is 5.41 Å². The van der Waals surface area contributed by atoms with Crippen LogP contribution in [-0.4, -0.2) is 49.1 Å². The molecule has 0 amide bonds. The van der Waals surface area contributed by atoms with Crippen LogP contribution in [0, 0.1) is 5.41 Å². The molecule has 4 heterocycles. The van der Waals surface area contributed by atoms with Gasteiger partial charge >= 0.3 is 5.97 Å². The van der Waals surface area contributed by atoms with Crippen molar-refractivity contribution in [2.75, 3.05) is 13.1 Å². The van der Waals surface area contributed by atoms with E-state index < -0.39 is 5.41 Å². The van der Waals surface area contributed by atoms with Gasteiger partial charge in [-0.15, -0.1) is 5.06 Å². The van der Waals surface area contributed by atoms with E-state index in [1.165, 1.54) is 0 Å². The Labute approximate surface area is 157 Å². The highest BCUT2D eigenvalue weighted by Gasteiger charge is 2.29. The minimum atomic E-state index is -0.488. The van der Waals surface area contributed by atoms with Crippen LogP contribution in [0.2, 0.25) is 0 Å². The zero-order valence-electron chi connectivity index (χ0n) is 15.8. The zero-order valence-corrected chi connectivity index (χ0v) is 15.8. The first kappa shape index (κ1) is 17.7. The highest BCUT2D eigenvalue weighted by atomic mass is 16.7. The summed E-state index contributed by atoms with van der Waals surface area (Å²) in [7, 11) is 0. The Balaban J connectivity index is 1.40. The van der Waals surface area contributed by atoms with Crippen LogP contribution in [0.5, 0.6) is 0 Å². The molecule has 0 atom stereocenters. The third kappa shape index (κ3) is 3.71. The van der Waals surface area contributed by atoms with Gasteiger partial charge in [-0.3, -0.25) is 9.78 Å². The van der Waals surface area contributed by atoms with Gasteiger partial charge in [0.25, 0.3) is 0 Å². The lowest BCUT2D eigenvalue weighted by Gasteiger charge is -2.32. The summed E-state index contributed by atoms with van der Waals surface area (Å²) in [6.07, 6.45) is 9.30. The van der Waals surface area contributed by atoms with Gasteiger partial charge in [0.2, 0.25) is 0 Å². The Kier molecular flexibility index (Phi) is 4.43. The number of H-pyrrole nitrogens is 1. The van der Waals surface area contributed by atoms with Gasteiger partial charge in [0, 0.05) is 42.0 Å². The van der Waals surface area contributed by atoms with Gasteiger partial charge in [-0.1, -0.05) is 0 Å². The molecule has 1 aliphatic heterocycles. The monoisotopic (exact) mass is 368 g/mol. The lowest BCUT2D eigenvalue weighted by Crippen LogP contribution is -2.39. The molecule has 0 aromatic carbocycles. The van der Waals surface area contributed by atoms with Crippen molar-refractivity contribution in [3.05, 3.63) is 30.9 Å². The Hall–Kier alpha value is -2.74. The fraction of sp³-hybridized carbons (Fsp3) is 0.474. The lowest BCUT2D eigenvalue weighted by atomic mass is 9.98. The summed E-state index contributed by atoms with van der Waals surface area (Å²) < 4.78 is 2.01. The van der Waals surface area contributed by atoms with E-state index in [-0.39, 0.29) is 5.97 Å². The quantitative estimate of drug-likeness (QED) is 0.764. The summed E-state index contributed by atoms with van der Waals surface area (Å²) in [6, 6.07) is 2.36. The van der Waals surface area contributed by atoms with E-state index in [1.807, 2.05) is 37.8 Å². The second kappa shape index (κ2) is 6.77. The molecule has 27 heavy (non-hydrogen) atoms. The molecule has 3 aromatic heterocycles. The number of hydrogen-bond acceptors (Lipinski definition) is 6. The Morgan fingerprint density at radius 3 is 2.70 bits per heavy atom. The molecule has 4 rings (SSSR count). The van der Waals surface area contributed by atoms with Crippen molar-refractivity contribution in [1.82, 2.24) is 30.0 Å². The van der Waals surface area contributed by atoms with Gasteiger partial charge in [-0.2, -0.15) is 10.2 Å². The highest BCUT2D eigenvalue weighted by molar-refractivity contribution is 5.79. The van der Waals surface area contributed by atoms with Gasteiger partial charge in [0.1, 0.15) is 0 Å². The summed E-state index contributed by atoms with van der Waals surface area (Å²) in [5.74, 6) is -0.190. The SMILES string of the molecule is CC(C)(C)C(=O)ON1CCC(n2cc(-c3cnc4[nH]ncc4c3)cn2)CC1. The van der Waals surface area contributed by atoms with Crippen LogP contribution >= 0.6 is 0 Å². The predicted molar refractivity (Wildman–Crippen MR) is 101 cm³/mol. The molecule has 142 valence electrons. The molecule has 3 aromatic rings. The summed E-state index contributed by atoms with van der Waals surface area (Å²) in [5.41, 5.74) is 2.35. The second-order valence-electron chi connectivity index (χ2n) is 8.03. The Bertz CT molecular complexity index is 946. The predicted octanol–water partition coefficient (Wildman–Crippen LogP) is 2.96. The zero-order chi connectivity index (χ0) is 19.0. The second-order valence-corrected chi connectivity index (χ2v) is 8.03. The molecular formula is C19H24N6O2. The lowest BCUT2D eigenvalue weighted by molar-refractivity contribution is -0.205. The number of rotatable bonds is 3. The Morgan fingerprint density at radius 1 is 1.19 bits per heavy atom. The highest BCUT2D eigenvalue weighted by Crippen LogP contribution is 2.27. The number of hydrogen-bond donors (Lipinski definition) is 1. The van der Waals surface area contributed by atoms with Crippen molar-refractivity contribution in [2.45, 2.75) is 39.7 Å². The largest absolute Gasteiger partial charge is 0.367 e. The maximum absolute atomic E-state index is 12.0. The molecule has 0 spiro atoms. The normalized spacial score (nSPS) is 16.7. The van der Waals surface area contributed by atoms with Gasteiger partial charge in [-0.25, -0.2) is 9.78 Å². The minimum Gasteiger partial charge on any atom is -0.367 e. The number of piperidine rings is 1. The number of nitrogens with zero attached hydrogens (tertiary/aromatic N) is 5. The van der Waals surface area contributed by atoms with Crippen LogP contribution in [0.15, 0.2) is 30.9 Å². The summed E-state index contributed by atoms with van der Waals surface area (Å²) in [4.78, 5) is 21.9. The van der Waals surface area contributed by atoms with Crippen molar-refractivity contribution in [3.8, 4) is 11.1 Å². The number of carbonyl (C=O) groups excluding carboxylic acids is 1. The molecule has 0 saturated carbocycles. The van der Waals surface area contributed by atoms with Gasteiger partial charge in [0.05, 0.1) is 23.9 Å². The number of aromatic amines is 1. The molecule has 0 aliphatic carbocycles. The topological polar surface area (TPSA) is 88.9 Å². The van der Waals surface area contributed by atoms with Crippen molar-refractivity contribution in [3.63, 3.8) is 0 Å². The molecule has 0 bridgehead atoms. The molecule has 1 aliphatic rings. The first-order valence-electron chi connectivity index (χ1n) is 9.21. The molecule has 8 nitrogen and oxygen atoms in total. The number of aromatic nitrogens is 5. The first-order chi connectivity index (χ1) is 12.9. The van der Waals surface area contributed by atoms with E-state index >= 15 is 0 Å². The van der Waals surface area contributed by atoms with Crippen LogP contribution in [-0.2, 0) is 9.63 Å². The smallest absolute Gasteiger partial charge is 0.330 e. The van der Waals surface area contributed by atoms with Crippen LogP contribution in [0.1, 0.15) is 39.7 Å². The van der Waals surface area contributed by atoms with Crippen LogP contribution < -0.4 is 0 Å². The van der Waals surface area contributed by atoms with E-state index in [9.17, 15) is 4.79 Å². The maximum atomic E-state index is 12.0. The van der Waals surface area contributed by atoms with Gasteiger partial charge in [0.15, 0.2) is 5.65 Å². The summed E-state index contributed by atoms with van der Waals surface area (Å²) >= 11 is 0. The van der Waals surface area contributed by atoms with Crippen LogP contribution in [0.3, 0.4) is 0 Å². The molecule has 0 unspecified atom stereocenters. The van der Waals surface area contributed by atoms with E-state index in [0.717, 1.165) is 35.0 Å². The number of pyridine rings is 1. The van der Waals surface area contributed by atoms with Crippen molar-refractivity contribution < 1.29 is 9.63 Å². The average molecular weight is 368 g/mol. The third-order valence-corrected chi connectivity index (χ3v) is 4.85. The summed E-state index contributed by atoms with van der Waals surface area (Å²) in [5, 5.41) is 14.2. The van der Waals surface area contributed by atoms with Crippen LogP contribution in [0.25, 0.3) is 22.2 Å². The standard InChI is InChI=1S/C19H24N6O2/c1-19(2,3)18(26)27-24-6-4-16(5-7-24)25-12-15(11-22-25)13-8-14-10-21-23-17(14)20-9-13/h8-12,16H,4-7H2,1-3H3,(H,20,21,23). The molecule has 8 heteroatoms. The molecule has 1 fully saturated rings. The third-order valence-electron chi connectivity index (χ3n) is 4.85. The van der Waals surface area contributed by atoms with Crippen molar-refractivity contribution >= 4 is 17.0 Å². The molecule has 1 N–H and O–H groups in total. The number of nitrogens with one attached hydrogen (secondary N) is 1. The fourth-order valence-corrected chi connectivity index (χ4v) is 3.13. The number of carbonyl (C=O) groups is 1. The average Bonchev–Trinajstić information content (AvgIpc) is 3.30. The Morgan fingerprint density at radius 2 is 1.96 bits per heavy atom. The van der Waals surface area contributed by atoms with Crippen LogP contribution in [0.4, 0.5) is 0 Å². The van der Waals surface area contributed by atoms with Crippen molar-refractivity contribution in [1.29, 1.82) is 0 Å². The van der Waals surface area contributed by atoms with E-state index in [4.69, 9.17) is 4.84 Å². The number of fused-ring (bicyclic) bond motifs is 1. The van der Waals surface area contributed by atoms with Gasteiger partial charge in [-0.05, 0) is 39.7 Å². The summed E-state index contributed by atoms with van der Waals surface area (Å²) in [6.45, 7) is 7.02. The van der Waals surface area contributed by atoms with E-state index in [1.54, 1.807) is 11.3 Å². The fourth-order valence-electron chi connectivity index (χ4n) is 3.13. The minimum absolute atomic E-state index is 0.190. The van der Waals surface area contributed by atoms with E-state index in [0.29, 0.717) is 19.1 Å². The number of hydroxylamine groups is 2. The molecule has 0 radical (unpaired) electrons. The maximum Gasteiger partial charge on any atom is 0.330 e. The van der Waals surface area contributed by atoms with Gasteiger partial charge < -0.3 is 4.84 Å². The molecule has 1 saturated heterocycles. The van der Waals surface area contributed by atoms with E-state index in [2.05, 4.69) is 32.5 Å².